The second kappa shape index (κ2) is 44.1. The number of nitrogens with zero attached hydrogens (tertiary/aromatic N) is 2. The molecule has 0 bridgehead atoms. The van der Waals surface area contributed by atoms with Crippen molar-refractivity contribution in [2.24, 2.45) is 47.3 Å². The number of fused-ring (bicyclic) bond motifs is 2. The molecule has 11 aliphatic rings. The van der Waals surface area contributed by atoms with E-state index in [-0.39, 0.29) is 0 Å². The van der Waals surface area contributed by atoms with Gasteiger partial charge in [0.05, 0.1) is 0 Å². The quantitative estimate of drug-likeness (QED) is 0.217. The van der Waals surface area contributed by atoms with E-state index in [1.54, 1.807) is 103 Å². The van der Waals surface area contributed by atoms with Crippen LogP contribution < -0.4 is 20.7 Å². The molecule has 2 aromatic rings. The van der Waals surface area contributed by atoms with Crippen LogP contribution in [0.2, 0.25) is 0 Å². The molecule has 9 saturated carbocycles. The Labute approximate surface area is 513 Å². The molecule has 3 heteroatoms. The van der Waals surface area contributed by atoms with Gasteiger partial charge in [0, 0.05) is 31.2 Å². The Kier molecular flexibility index (Phi) is 37.8. The lowest BCUT2D eigenvalue weighted by molar-refractivity contribution is 0.196. The Morgan fingerprint density at radius 3 is 0.878 bits per heavy atom. The summed E-state index contributed by atoms with van der Waals surface area (Å²) in [4.78, 5) is 4.51. The van der Waals surface area contributed by atoms with Crippen molar-refractivity contribution in [3.8, 4) is 0 Å². The largest absolute Gasteiger partial charge is 0.353 e. The minimum absolute atomic E-state index is 0.384. The molecule has 2 nitrogen and oxygen atoms in total. The first-order chi connectivity index (χ1) is 40.6. The van der Waals surface area contributed by atoms with Gasteiger partial charge in [0.2, 0.25) is 6.71 Å². The number of hydrogen-bond donors (Lipinski definition) is 0. The lowest BCUT2D eigenvalue weighted by atomic mass is 9.38. The second-order valence-electron chi connectivity index (χ2n) is 27.5. The maximum Gasteiger partial charge on any atom is 0.243 e. The standard InChI is InChI=1S/C16H15BN2.4C12H22.C6H12.C5H10.2C2H6/c1-18-11-10-17-12-6-3-4-7-13(12)19(2)15-9-5-8-14(18)16(15)17;4*1-3-7-11(8-4-1)12-9-5-2-6-10-12;1-2-4-6-5-3-1;1-3-5-4-2;2*1-2/h3-11H,1-2H3;4*11-12H,1-10H2;1-6H2;3,5H,4H2,1-2H3;2*1-2H3/b;;;;;;5-3-;;. The molecule has 0 unspecified atom stereocenters. The molecule has 0 aromatic heterocycles. The predicted molar refractivity (Wildman–Crippen MR) is 372 cm³/mol. The van der Waals surface area contributed by atoms with Gasteiger partial charge in [0.15, 0.2) is 0 Å². The Hall–Kier alpha value is -2.42. The first-order valence-electron chi connectivity index (χ1n) is 37.5. The number of allylic oxidation sites excluding steroid dienone is 2. The fourth-order valence-corrected chi connectivity index (χ4v) is 17.4. The monoisotopic (exact) mass is 1130 g/mol. The van der Waals surface area contributed by atoms with E-state index in [1.165, 1.54) is 221 Å². The molecule has 2 aromatic carbocycles. The van der Waals surface area contributed by atoms with E-state index in [2.05, 4.69) is 97.6 Å². The molecule has 2 heterocycles. The molecule has 9 fully saturated rings. The van der Waals surface area contributed by atoms with Crippen LogP contribution in [0.5, 0.6) is 0 Å². The van der Waals surface area contributed by atoms with E-state index < -0.39 is 0 Å². The average molecular weight is 1130 g/mol. The van der Waals surface area contributed by atoms with Gasteiger partial charge in [0.25, 0.3) is 0 Å². The van der Waals surface area contributed by atoms with E-state index in [0.717, 1.165) is 53.8 Å². The third kappa shape index (κ3) is 24.8. The summed E-state index contributed by atoms with van der Waals surface area (Å²) < 4.78 is 0. The van der Waals surface area contributed by atoms with Crippen LogP contribution in [0.15, 0.2) is 66.8 Å². The van der Waals surface area contributed by atoms with Crippen molar-refractivity contribution >= 4 is 34.7 Å². The molecule has 0 N–H and O–H groups in total. The molecule has 0 amide bonds. The lowest BCUT2D eigenvalue weighted by Crippen LogP contribution is -2.52. The van der Waals surface area contributed by atoms with Crippen LogP contribution in [0.1, 0.15) is 343 Å². The topological polar surface area (TPSA) is 6.48 Å². The highest BCUT2D eigenvalue weighted by atomic mass is 15.1. The highest BCUT2D eigenvalue weighted by Gasteiger charge is 2.35. The molecular weight excluding hydrogens is 988 g/mol. The van der Waals surface area contributed by atoms with Crippen molar-refractivity contribution in [2.45, 2.75) is 343 Å². The summed E-state index contributed by atoms with van der Waals surface area (Å²) in [6.45, 7) is 12.5. The molecule has 13 rings (SSSR count). The van der Waals surface area contributed by atoms with Crippen molar-refractivity contribution in [2.75, 3.05) is 23.9 Å². The smallest absolute Gasteiger partial charge is 0.243 e. The zero-order valence-corrected chi connectivity index (χ0v) is 56.2. The molecular formula is C79H137BN2. The zero-order valence-electron chi connectivity index (χ0n) is 56.2. The van der Waals surface area contributed by atoms with Crippen LogP contribution in [0.3, 0.4) is 0 Å². The fraction of sp³-hybridized carbons (Fsp3) is 0.797. The van der Waals surface area contributed by atoms with Gasteiger partial charge in [-0.15, -0.1) is 0 Å². The van der Waals surface area contributed by atoms with E-state index in [1.807, 2.05) is 34.6 Å². The molecule has 82 heavy (non-hydrogen) atoms. The number of hydrogen-bond acceptors (Lipinski definition) is 2. The summed E-state index contributed by atoms with van der Waals surface area (Å²) in [5.74, 6) is 11.4. The van der Waals surface area contributed by atoms with E-state index in [4.69, 9.17) is 0 Å². The molecule has 9 aliphatic carbocycles. The number of anilines is 3. The molecule has 0 saturated heterocycles. The maximum atomic E-state index is 2.30. The van der Waals surface area contributed by atoms with Crippen LogP contribution >= 0.6 is 0 Å². The third-order valence-electron chi connectivity index (χ3n) is 22.1. The van der Waals surface area contributed by atoms with E-state index in [0.29, 0.717) is 6.71 Å². The van der Waals surface area contributed by atoms with Gasteiger partial charge in [-0.3, -0.25) is 0 Å². The average Bonchev–Trinajstić information content (AvgIpc) is 2.59. The zero-order chi connectivity index (χ0) is 58.2. The first-order valence-corrected chi connectivity index (χ1v) is 37.5. The fourth-order valence-electron chi connectivity index (χ4n) is 17.4. The van der Waals surface area contributed by atoms with Gasteiger partial charge >= 0.3 is 0 Å². The van der Waals surface area contributed by atoms with E-state index in [9.17, 15) is 0 Å². The molecule has 0 spiro atoms. The Bertz CT molecular complexity index is 1660. The SMILES string of the molecule is C/C=C\CC.C1CCC(C2CCCCC2)CC1.C1CCC(C2CCCCC2)CC1.C1CCC(C2CCCCC2)CC1.C1CCC(C2CCCCC2)CC1.C1CCCCC1.CC.CC.CN1C=CB2c3ccccc3N(C)c3cccc1c32. The van der Waals surface area contributed by atoms with Gasteiger partial charge in [-0.05, 0) is 96.0 Å². The van der Waals surface area contributed by atoms with E-state index >= 15 is 0 Å². The van der Waals surface area contributed by atoms with Gasteiger partial charge < -0.3 is 9.80 Å². The number of benzene rings is 2. The minimum Gasteiger partial charge on any atom is -0.353 e. The van der Waals surface area contributed by atoms with Gasteiger partial charge in [-0.2, -0.15) is 0 Å². The first kappa shape index (κ1) is 70.3. The van der Waals surface area contributed by atoms with Gasteiger partial charge in [0.1, 0.15) is 0 Å². The van der Waals surface area contributed by atoms with Crippen molar-refractivity contribution in [3.05, 3.63) is 66.8 Å². The summed E-state index contributed by atoms with van der Waals surface area (Å²) in [5, 5.41) is 0. The summed E-state index contributed by atoms with van der Waals surface area (Å²) in [7, 11) is 4.27. The van der Waals surface area contributed by atoms with Gasteiger partial charge in [-0.1, -0.05) is 372 Å². The summed E-state index contributed by atoms with van der Waals surface area (Å²) in [5.41, 5.74) is 6.76. The Morgan fingerprint density at radius 1 is 0.354 bits per heavy atom. The molecule has 0 atom stereocenters. The van der Waals surface area contributed by atoms with Crippen molar-refractivity contribution in [1.82, 2.24) is 0 Å². The van der Waals surface area contributed by atoms with Crippen LogP contribution in [0.25, 0.3) is 0 Å². The summed E-state index contributed by atoms with van der Waals surface area (Å²) >= 11 is 0. The summed E-state index contributed by atoms with van der Waals surface area (Å²) in [6.07, 6.45) is 78.1. The molecule has 2 aliphatic heterocycles. The minimum atomic E-state index is 0.384. The van der Waals surface area contributed by atoms with Crippen molar-refractivity contribution in [3.63, 3.8) is 0 Å². The van der Waals surface area contributed by atoms with Crippen molar-refractivity contribution in [1.29, 1.82) is 0 Å². The lowest BCUT2D eigenvalue weighted by Gasteiger charge is -2.37. The molecule has 466 valence electrons. The number of rotatable bonds is 5. The summed E-state index contributed by atoms with van der Waals surface area (Å²) in [6, 6.07) is 15.3. The van der Waals surface area contributed by atoms with Crippen LogP contribution in [-0.4, -0.2) is 20.8 Å². The maximum absolute atomic E-state index is 2.30. The third-order valence-corrected chi connectivity index (χ3v) is 22.1. The van der Waals surface area contributed by atoms with Crippen LogP contribution in [0.4, 0.5) is 17.1 Å². The highest BCUT2D eigenvalue weighted by Crippen LogP contribution is 2.42. The van der Waals surface area contributed by atoms with Crippen LogP contribution in [0, 0.1) is 47.3 Å². The number of para-hydroxylation sites is 1. The van der Waals surface area contributed by atoms with Gasteiger partial charge in [-0.25, -0.2) is 0 Å². The Balaban J connectivity index is 0.000000179. The normalized spacial score (nSPS) is 23.0. The predicted octanol–water partition coefficient (Wildman–Crippen LogP) is 24.8. The highest BCUT2D eigenvalue weighted by molar-refractivity contribution is 6.93. The molecule has 0 radical (unpaired) electrons. The van der Waals surface area contributed by atoms with Crippen LogP contribution in [-0.2, 0) is 0 Å². The Morgan fingerprint density at radius 2 is 0.610 bits per heavy atom. The van der Waals surface area contributed by atoms with Crippen molar-refractivity contribution < 1.29 is 0 Å². The second-order valence-corrected chi connectivity index (χ2v) is 27.5.